The smallest absolute Gasteiger partial charge is 0.341 e. The molecule has 3 heterocycles. The van der Waals surface area contributed by atoms with Crippen LogP contribution in [0.2, 0.25) is 0 Å². The number of aromatic nitrogens is 2. The van der Waals surface area contributed by atoms with Crippen molar-refractivity contribution in [3.05, 3.63) is 69.7 Å². The molecule has 3 aromatic heterocycles. The number of hydrogen-bond acceptors (Lipinski definition) is 5. The van der Waals surface area contributed by atoms with Crippen molar-refractivity contribution in [3.63, 3.8) is 0 Å². The Bertz CT molecular complexity index is 1390. The van der Waals surface area contributed by atoms with E-state index < -0.39 is 0 Å². The van der Waals surface area contributed by atoms with Gasteiger partial charge in [-0.25, -0.2) is 4.79 Å². The van der Waals surface area contributed by atoms with Gasteiger partial charge in [0, 0.05) is 28.4 Å². The van der Waals surface area contributed by atoms with Crippen LogP contribution in [0.15, 0.2) is 42.6 Å². The summed E-state index contributed by atoms with van der Waals surface area (Å²) in [5.74, 6) is -0.415. The molecule has 0 unspecified atom stereocenters. The third-order valence-corrected chi connectivity index (χ3v) is 7.67. The Labute approximate surface area is 208 Å². The number of pyridine rings is 1. The van der Waals surface area contributed by atoms with Crippen molar-refractivity contribution in [1.29, 1.82) is 0 Å². The summed E-state index contributed by atoms with van der Waals surface area (Å²) in [6.07, 6.45) is 6.46. The molecule has 2 N–H and O–H groups in total. The number of aryl methyl sites for hydroxylation is 3. The highest BCUT2D eigenvalue weighted by molar-refractivity contribution is 7.17. The topological polar surface area (TPSA) is 84.1 Å². The van der Waals surface area contributed by atoms with Crippen LogP contribution in [-0.2, 0) is 28.8 Å². The Morgan fingerprint density at radius 3 is 2.89 bits per heavy atom. The third kappa shape index (κ3) is 4.73. The van der Waals surface area contributed by atoms with Crippen LogP contribution in [0, 0.1) is 6.92 Å². The molecule has 1 aliphatic rings. The predicted octanol–water partition coefficient (Wildman–Crippen LogP) is 6.23. The molecule has 0 spiro atoms. The van der Waals surface area contributed by atoms with E-state index in [0.717, 1.165) is 48.2 Å². The number of rotatable bonds is 8. The second-order valence-electron chi connectivity index (χ2n) is 8.93. The molecule has 35 heavy (non-hydrogen) atoms. The molecule has 1 aliphatic carbocycles. The summed E-state index contributed by atoms with van der Waals surface area (Å²) < 4.78 is 5.28. The number of ether oxygens (including phenoxy) is 1. The van der Waals surface area contributed by atoms with Crippen LogP contribution in [0.25, 0.3) is 22.3 Å². The molecule has 0 saturated carbocycles. The van der Waals surface area contributed by atoms with Gasteiger partial charge in [-0.1, -0.05) is 17.7 Å². The van der Waals surface area contributed by atoms with Gasteiger partial charge in [0.25, 0.3) is 0 Å². The van der Waals surface area contributed by atoms with Gasteiger partial charge >= 0.3 is 5.97 Å². The van der Waals surface area contributed by atoms with E-state index in [0.29, 0.717) is 30.0 Å². The minimum Gasteiger partial charge on any atom is -0.462 e. The van der Waals surface area contributed by atoms with Gasteiger partial charge in [-0.05, 0) is 81.3 Å². The van der Waals surface area contributed by atoms with Gasteiger partial charge in [-0.3, -0.25) is 9.78 Å². The predicted molar refractivity (Wildman–Crippen MR) is 140 cm³/mol. The maximum atomic E-state index is 12.9. The Morgan fingerprint density at radius 1 is 1.20 bits per heavy atom. The van der Waals surface area contributed by atoms with Gasteiger partial charge in [-0.2, -0.15) is 0 Å². The molecular weight excluding hydrogens is 458 g/mol. The standard InChI is InChI=1S/C28H29N3O3S/c1-3-34-28(33)25-19-9-6-11-23(19)35-27(25)31-24(32)12-7-8-18-20-16-17(2)13-14-21(20)30-26(18)22-10-4-5-15-29-22/h4-5,10,13-16,30H,3,6-9,11-12H2,1-2H3,(H,31,32). The van der Waals surface area contributed by atoms with Crippen LogP contribution in [0.1, 0.15) is 58.1 Å². The van der Waals surface area contributed by atoms with Crippen LogP contribution in [0.4, 0.5) is 5.00 Å². The van der Waals surface area contributed by atoms with Crippen molar-refractivity contribution >= 4 is 39.1 Å². The largest absolute Gasteiger partial charge is 0.462 e. The Balaban J connectivity index is 1.32. The number of fused-ring (bicyclic) bond motifs is 2. The van der Waals surface area contributed by atoms with Gasteiger partial charge in [0.15, 0.2) is 0 Å². The fraction of sp³-hybridized carbons (Fsp3) is 0.321. The zero-order valence-corrected chi connectivity index (χ0v) is 20.9. The summed E-state index contributed by atoms with van der Waals surface area (Å²) in [5, 5.41) is 4.82. The first kappa shape index (κ1) is 23.3. The lowest BCUT2D eigenvalue weighted by atomic mass is 10.0. The number of amides is 1. The average molecular weight is 488 g/mol. The lowest BCUT2D eigenvalue weighted by Crippen LogP contribution is -2.15. The number of esters is 1. The first-order chi connectivity index (χ1) is 17.0. The molecule has 0 saturated heterocycles. The third-order valence-electron chi connectivity index (χ3n) is 6.47. The molecule has 5 rings (SSSR count). The SMILES string of the molecule is CCOC(=O)c1c(NC(=O)CCCc2c(-c3ccccn3)[nH]c3ccc(C)cc23)sc2c1CCC2. The number of hydrogen-bond donors (Lipinski definition) is 2. The Morgan fingerprint density at radius 2 is 2.09 bits per heavy atom. The zero-order valence-electron chi connectivity index (χ0n) is 20.1. The number of carbonyl (C=O) groups excluding carboxylic acids is 2. The highest BCUT2D eigenvalue weighted by atomic mass is 32.1. The first-order valence-corrected chi connectivity index (χ1v) is 13.0. The molecule has 4 aromatic rings. The fourth-order valence-electron chi connectivity index (χ4n) is 4.88. The first-order valence-electron chi connectivity index (χ1n) is 12.2. The number of aromatic amines is 1. The molecule has 7 heteroatoms. The number of anilines is 1. The molecule has 0 aliphatic heterocycles. The van der Waals surface area contributed by atoms with Crippen LogP contribution < -0.4 is 5.32 Å². The molecule has 180 valence electrons. The van der Waals surface area contributed by atoms with E-state index in [4.69, 9.17) is 4.74 Å². The molecular formula is C28H29N3O3S. The summed E-state index contributed by atoms with van der Waals surface area (Å²) in [7, 11) is 0. The van der Waals surface area contributed by atoms with Crippen LogP contribution in [0.5, 0.6) is 0 Å². The van der Waals surface area contributed by atoms with Crippen LogP contribution >= 0.6 is 11.3 Å². The summed E-state index contributed by atoms with van der Waals surface area (Å²) in [4.78, 5) is 34.7. The van der Waals surface area contributed by atoms with Gasteiger partial charge < -0.3 is 15.0 Å². The van der Waals surface area contributed by atoms with Crippen LogP contribution in [0.3, 0.4) is 0 Å². The van der Waals surface area contributed by atoms with Crippen molar-refractivity contribution < 1.29 is 14.3 Å². The minimum atomic E-state index is -0.337. The van der Waals surface area contributed by atoms with E-state index in [1.807, 2.05) is 18.2 Å². The maximum Gasteiger partial charge on any atom is 0.341 e. The minimum absolute atomic E-state index is 0.0779. The number of thiophene rings is 1. The summed E-state index contributed by atoms with van der Waals surface area (Å²) in [5.41, 5.74) is 6.96. The number of benzene rings is 1. The van der Waals surface area contributed by atoms with E-state index >= 15 is 0 Å². The van der Waals surface area contributed by atoms with Crippen LogP contribution in [-0.4, -0.2) is 28.5 Å². The van der Waals surface area contributed by atoms with E-state index in [1.54, 1.807) is 13.1 Å². The second kappa shape index (κ2) is 10.0. The molecule has 1 aromatic carbocycles. The van der Waals surface area contributed by atoms with E-state index in [9.17, 15) is 9.59 Å². The number of nitrogens with one attached hydrogen (secondary N) is 2. The average Bonchev–Trinajstić information content (AvgIpc) is 3.53. The molecule has 6 nitrogen and oxygen atoms in total. The van der Waals surface area contributed by atoms with Crippen molar-refractivity contribution in [2.45, 2.75) is 52.4 Å². The van der Waals surface area contributed by atoms with E-state index in [1.165, 1.54) is 32.7 Å². The molecule has 0 atom stereocenters. The molecule has 0 fully saturated rings. The summed E-state index contributed by atoms with van der Waals surface area (Å²) in [6, 6.07) is 12.3. The van der Waals surface area contributed by atoms with E-state index in [-0.39, 0.29) is 11.9 Å². The molecule has 0 bridgehead atoms. The van der Waals surface area contributed by atoms with Crippen molar-refractivity contribution in [2.24, 2.45) is 0 Å². The lowest BCUT2D eigenvalue weighted by molar-refractivity contribution is -0.116. The van der Waals surface area contributed by atoms with Gasteiger partial charge in [0.05, 0.1) is 23.6 Å². The Kier molecular flexibility index (Phi) is 6.68. The van der Waals surface area contributed by atoms with Crippen molar-refractivity contribution in [3.8, 4) is 11.4 Å². The highest BCUT2D eigenvalue weighted by Gasteiger charge is 2.28. The highest BCUT2D eigenvalue weighted by Crippen LogP contribution is 2.39. The second-order valence-corrected chi connectivity index (χ2v) is 10.0. The normalized spacial score (nSPS) is 12.6. The maximum absolute atomic E-state index is 12.9. The number of carbonyl (C=O) groups is 2. The number of H-pyrrole nitrogens is 1. The Hall–Kier alpha value is -3.45. The number of nitrogens with zero attached hydrogens (tertiary/aromatic N) is 1. The van der Waals surface area contributed by atoms with Crippen molar-refractivity contribution in [1.82, 2.24) is 9.97 Å². The van der Waals surface area contributed by atoms with Crippen molar-refractivity contribution in [2.75, 3.05) is 11.9 Å². The lowest BCUT2D eigenvalue weighted by Gasteiger charge is -2.09. The fourth-order valence-corrected chi connectivity index (χ4v) is 6.17. The van der Waals surface area contributed by atoms with Gasteiger partial charge in [0.2, 0.25) is 5.91 Å². The van der Waals surface area contributed by atoms with Gasteiger partial charge in [-0.15, -0.1) is 11.3 Å². The summed E-state index contributed by atoms with van der Waals surface area (Å²) in [6.45, 7) is 4.21. The monoisotopic (exact) mass is 487 g/mol. The molecule has 1 amide bonds. The zero-order chi connectivity index (χ0) is 24.4. The molecule has 0 radical (unpaired) electrons. The van der Waals surface area contributed by atoms with E-state index in [2.05, 4.69) is 40.4 Å². The van der Waals surface area contributed by atoms with Gasteiger partial charge in [0.1, 0.15) is 5.00 Å². The quantitative estimate of drug-likeness (QED) is 0.289. The summed E-state index contributed by atoms with van der Waals surface area (Å²) >= 11 is 1.52.